The molecule has 0 aliphatic rings. The van der Waals surface area contributed by atoms with Crippen molar-refractivity contribution in [2.24, 2.45) is 11.8 Å². The molecular weight excluding hydrogens is 356 g/mol. The van der Waals surface area contributed by atoms with Crippen LogP contribution < -0.4 is 0 Å². The highest BCUT2D eigenvalue weighted by molar-refractivity contribution is 5.71. The number of carbonyl (C=O) groups excluding carboxylic acids is 1. The van der Waals surface area contributed by atoms with Gasteiger partial charge in [0.2, 0.25) is 0 Å². The van der Waals surface area contributed by atoms with Crippen LogP contribution in [0.4, 0.5) is 0 Å². The van der Waals surface area contributed by atoms with E-state index in [4.69, 9.17) is 4.74 Å². The average Bonchev–Trinajstić information content (AvgIpc) is 2.72. The summed E-state index contributed by atoms with van der Waals surface area (Å²) >= 11 is 0. The molecule has 2 nitrogen and oxygen atoms in total. The van der Waals surface area contributed by atoms with E-state index in [-0.39, 0.29) is 11.9 Å². The minimum absolute atomic E-state index is 0.0352. The van der Waals surface area contributed by atoms with Gasteiger partial charge in [0.15, 0.2) is 0 Å². The van der Waals surface area contributed by atoms with Crippen molar-refractivity contribution in [2.75, 3.05) is 6.61 Å². The molecule has 174 valence electrons. The fourth-order valence-electron chi connectivity index (χ4n) is 4.15. The van der Waals surface area contributed by atoms with Gasteiger partial charge in [0.25, 0.3) is 0 Å². The number of carbonyl (C=O) groups is 1. The Morgan fingerprint density at radius 2 is 1.03 bits per heavy atom. The summed E-state index contributed by atoms with van der Waals surface area (Å²) in [6.07, 6.45) is 24.7. The maximum atomic E-state index is 12.3. The lowest BCUT2D eigenvalue weighted by Gasteiger charge is -2.18. The van der Waals surface area contributed by atoms with Gasteiger partial charge in [-0.15, -0.1) is 0 Å². The molecule has 0 radical (unpaired) electrons. The summed E-state index contributed by atoms with van der Waals surface area (Å²) < 4.78 is 5.71. The molecular formula is C27H54O2. The molecule has 0 N–H and O–H groups in total. The second kappa shape index (κ2) is 22.2. The van der Waals surface area contributed by atoms with E-state index in [2.05, 4.69) is 20.8 Å². The molecule has 0 saturated carbocycles. The summed E-state index contributed by atoms with van der Waals surface area (Å²) in [6, 6.07) is 0. The number of rotatable bonds is 22. The average molecular weight is 411 g/mol. The van der Waals surface area contributed by atoms with Crippen molar-refractivity contribution in [2.45, 2.75) is 150 Å². The molecule has 0 saturated heterocycles. The van der Waals surface area contributed by atoms with Crippen molar-refractivity contribution < 1.29 is 9.53 Å². The van der Waals surface area contributed by atoms with E-state index in [1.54, 1.807) is 0 Å². The van der Waals surface area contributed by atoms with Gasteiger partial charge in [-0.1, -0.05) is 130 Å². The van der Waals surface area contributed by atoms with Gasteiger partial charge >= 0.3 is 5.97 Å². The molecule has 0 fully saturated rings. The minimum Gasteiger partial charge on any atom is -0.465 e. The summed E-state index contributed by atoms with van der Waals surface area (Å²) in [7, 11) is 0. The predicted octanol–water partition coefficient (Wildman–Crippen LogP) is 9.25. The molecule has 0 aromatic heterocycles. The molecule has 0 aliphatic carbocycles. The second-order valence-corrected chi connectivity index (χ2v) is 9.36. The molecule has 0 heterocycles. The summed E-state index contributed by atoms with van der Waals surface area (Å²) in [5.74, 6) is 0.666. The zero-order valence-electron chi connectivity index (χ0n) is 20.6. The molecule has 0 aromatic carbocycles. The first-order valence-electron chi connectivity index (χ1n) is 13.3. The van der Waals surface area contributed by atoms with Crippen molar-refractivity contribution in [1.29, 1.82) is 0 Å². The van der Waals surface area contributed by atoms with Crippen LogP contribution in [0.2, 0.25) is 0 Å². The van der Waals surface area contributed by atoms with Crippen molar-refractivity contribution >= 4 is 5.97 Å². The van der Waals surface area contributed by atoms with Gasteiger partial charge in [-0.05, 0) is 25.2 Å². The summed E-state index contributed by atoms with van der Waals surface area (Å²) in [4.78, 5) is 12.3. The van der Waals surface area contributed by atoms with Crippen LogP contribution in [-0.4, -0.2) is 12.6 Å². The van der Waals surface area contributed by atoms with E-state index in [1.807, 2.05) is 6.92 Å². The van der Waals surface area contributed by atoms with Crippen LogP contribution in [0, 0.1) is 11.8 Å². The quantitative estimate of drug-likeness (QED) is 0.131. The van der Waals surface area contributed by atoms with Gasteiger partial charge in [-0.3, -0.25) is 4.79 Å². The van der Waals surface area contributed by atoms with Crippen LogP contribution in [0.1, 0.15) is 150 Å². The monoisotopic (exact) mass is 410 g/mol. The van der Waals surface area contributed by atoms with Crippen molar-refractivity contribution in [3.05, 3.63) is 0 Å². The largest absolute Gasteiger partial charge is 0.465 e. The highest BCUT2D eigenvalue weighted by Crippen LogP contribution is 2.19. The van der Waals surface area contributed by atoms with Crippen LogP contribution in [0.5, 0.6) is 0 Å². The number of esters is 1. The zero-order chi connectivity index (χ0) is 21.6. The molecule has 0 rings (SSSR count). The van der Waals surface area contributed by atoms with E-state index in [1.165, 1.54) is 116 Å². The standard InChI is InChI=1S/C27H54O2/c1-5-8-10-12-14-16-18-20-23-26(21-7-3)24-29-27(28)25(4)22-19-17-15-13-11-9-6-2/h25-26H,5-24H2,1-4H3. The predicted molar refractivity (Wildman–Crippen MR) is 128 cm³/mol. The summed E-state index contributed by atoms with van der Waals surface area (Å²) in [5.41, 5.74) is 0. The minimum atomic E-state index is 0.0352. The van der Waals surface area contributed by atoms with E-state index < -0.39 is 0 Å². The number of ether oxygens (including phenoxy) is 1. The first kappa shape index (κ1) is 28.5. The van der Waals surface area contributed by atoms with Gasteiger partial charge in [0.1, 0.15) is 0 Å². The van der Waals surface area contributed by atoms with Gasteiger partial charge in [-0.25, -0.2) is 0 Å². The number of unbranched alkanes of at least 4 members (excludes halogenated alkanes) is 13. The Morgan fingerprint density at radius 3 is 1.52 bits per heavy atom. The fourth-order valence-corrected chi connectivity index (χ4v) is 4.15. The second-order valence-electron chi connectivity index (χ2n) is 9.36. The Bertz CT molecular complexity index is 339. The molecule has 0 bridgehead atoms. The van der Waals surface area contributed by atoms with Crippen molar-refractivity contribution in [3.8, 4) is 0 Å². The number of hydrogen-bond donors (Lipinski definition) is 0. The molecule has 2 atom stereocenters. The normalized spacial score (nSPS) is 13.4. The molecule has 0 amide bonds. The molecule has 0 aromatic rings. The van der Waals surface area contributed by atoms with Crippen LogP contribution >= 0.6 is 0 Å². The molecule has 2 unspecified atom stereocenters. The molecule has 2 heteroatoms. The van der Waals surface area contributed by atoms with E-state index in [0.29, 0.717) is 12.5 Å². The maximum Gasteiger partial charge on any atom is 0.308 e. The van der Waals surface area contributed by atoms with Crippen molar-refractivity contribution in [1.82, 2.24) is 0 Å². The van der Waals surface area contributed by atoms with E-state index >= 15 is 0 Å². The highest BCUT2D eigenvalue weighted by atomic mass is 16.5. The van der Waals surface area contributed by atoms with Gasteiger partial charge in [0.05, 0.1) is 12.5 Å². The SMILES string of the molecule is CCCCCCCCCCC(CCC)COC(=O)C(C)CCCCCCCCC. The Hall–Kier alpha value is -0.530. The third-order valence-electron chi connectivity index (χ3n) is 6.27. The molecule has 0 spiro atoms. The van der Waals surface area contributed by atoms with Crippen LogP contribution in [0.25, 0.3) is 0 Å². The Labute approximate surface area is 184 Å². The summed E-state index contributed by atoms with van der Waals surface area (Å²) in [6.45, 7) is 9.47. The smallest absolute Gasteiger partial charge is 0.308 e. The van der Waals surface area contributed by atoms with Crippen LogP contribution in [0.15, 0.2) is 0 Å². The van der Waals surface area contributed by atoms with Crippen LogP contribution in [-0.2, 0) is 9.53 Å². The fraction of sp³-hybridized carbons (Fsp3) is 0.963. The molecule has 29 heavy (non-hydrogen) atoms. The lowest BCUT2D eigenvalue weighted by molar-refractivity contribution is -0.149. The lowest BCUT2D eigenvalue weighted by atomic mass is 9.96. The molecule has 0 aliphatic heterocycles. The highest BCUT2D eigenvalue weighted by Gasteiger charge is 2.16. The lowest BCUT2D eigenvalue weighted by Crippen LogP contribution is -2.19. The van der Waals surface area contributed by atoms with Gasteiger partial charge < -0.3 is 4.74 Å². The first-order chi connectivity index (χ1) is 14.2. The maximum absolute atomic E-state index is 12.3. The van der Waals surface area contributed by atoms with Gasteiger partial charge in [0, 0.05) is 0 Å². The number of hydrogen-bond acceptors (Lipinski definition) is 2. The topological polar surface area (TPSA) is 26.3 Å². The zero-order valence-corrected chi connectivity index (χ0v) is 20.6. The Kier molecular flexibility index (Phi) is 21.8. The van der Waals surface area contributed by atoms with Crippen molar-refractivity contribution in [3.63, 3.8) is 0 Å². The first-order valence-corrected chi connectivity index (χ1v) is 13.3. The van der Waals surface area contributed by atoms with E-state index in [0.717, 1.165) is 6.42 Å². The van der Waals surface area contributed by atoms with E-state index in [9.17, 15) is 4.79 Å². The Morgan fingerprint density at radius 1 is 0.586 bits per heavy atom. The van der Waals surface area contributed by atoms with Crippen LogP contribution in [0.3, 0.4) is 0 Å². The third kappa shape index (κ3) is 19.2. The van der Waals surface area contributed by atoms with Gasteiger partial charge in [-0.2, -0.15) is 0 Å². The summed E-state index contributed by atoms with van der Waals surface area (Å²) in [5, 5.41) is 0. The Balaban J connectivity index is 3.78. The third-order valence-corrected chi connectivity index (χ3v) is 6.27.